The lowest BCUT2D eigenvalue weighted by Crippen LogP contribution is -2.38. The molecule has 1 aliphatic rings. The second-order valence-corrected chi connectivity index (χ2v) is 6.09. The third kappa shape index (κ3) is 1.83. The van der Waals surface area contributed by atoms with Gasteiger partial charge in [-0.05, 0) is 17.5 Å². The van der Waals surface area contributed by atoms with Crippen LogP contribution in [0.4, 0.5) is 0 Å². The van der Waals surface area contributed by atoms with Crippen LogP contribution in [0, 0.1) is 0 Å². The molecule has 94 valence electrons. The molecule has 5 nitrogen and oxygen atoms in total. The van der Waals surface area contributed by atoms with Crippen molar-refractivity contribution >= 4 is 10.2 Å². The maximum absolute atomic E-state index is 12.3. The Morgan fingerprint density at radius 2 is 1.94 bits per heavy atom. The van der Waals surface area contributed by atoms with Crippen molar-refractivity contribution in [2.75, 3.05) is 6.54 Å². The molecule has 1 aromatic carbocycles. The largest absolute Gasteiger partial charge is 0.309 e. The van der Waals surface area contributed by atoms with Crippen LogP contribution in [0.25, 0.3) is 0 Å². The standard InChI is InChI=1S/C12H13N3O2S/c16-18(17,15-8-6-13-10-15)14-7-5-11-3-1-2-4-12(11)9-14/h1-4,6,8,10H,5,7,9H2. The van der Waals surface area contributed by atoms with Gasteiger partial charge in [-0.15, -0.1) is 0 Å². The minimum atomic E-state index is -3.47. The molecule has 0 amide bonds. The van der Waals surface area contributed by atoms with Crippen molar-refractivity contribution in [3.63, 3.8) is 0 Å². The lowest BCUT2D eigenvalue weighted by molar-refractivity contribution is 0.386. The second-order valence-electron chi connectivity index (χ2n) is 4.25. The predicted molar refractivity (Wildman–Crippen MR) is 67.1 cm³/mol. The second kappa shape index (κ2) is 4.22. The lowest BCUT2D eigenvalue weighted by Gasteiger charge is -2.27. The van der Waals surface area contributed by atoms with Gasteiger partial charge in [0.1, 0.15) is 6.33 Å². The first-order valence-corrected chi connectivity index (χ1v) is 7.13. The van der Waals surface area contributed by atoms with E-state index >= 15 is 0 Å². The summed E-state index contributed by atoms with van der Waals surface area (Å²) in [6.45, 7) is 0.939. The molecule has 2 aromatic rings. The van der Waals surface area contributed by atoms with E-state index in [-0.39, 0.29) is 0 Å². The summed E-state index contributed by atoms with van der Waals surface area (Å²) in [7, 11) is -3.47. The van der Waals surface area contributed by atoms with Crippen LogP contribution in [0.15, 0.2) is 43.0 Å². The molecule has 1 aliphatic heterocycles. The molecule has 0 aliphatic carbocycles. The van der Waals surface area contributed by atoms with E-state index in [1.807, 2.05) is 18.2 Å². The Morgan fingerprint density at radius 3 is 2.67 bits per heavy atom. The maximum Gasteiger partial charge on any atom is 0.309 e. The molecule has 3 rings (SSSR count). The number of rotatable bonds is 2. The van der Waals surface area contributed by atoms with E-state index in [1.165, 1.54) is 28.6 Å². The van der Waals surface area contributed by atoms with Gasteiger partial charge >= 0.3 is 10.2 Å². The number of hydrogen-bond donors (Lipinski definition) is 0. The molecule has 1 aromatic heterocycles. The summed E-state index contributed by atoms with van der Waals surface area (Å²) < 4.78 is 27.3. The minimum absolute atomic E-state index is 0.427. The Balaban J connectivity index is 1.93. The summed E-state index contributed by atoms with van der Waals surface area (Å²) in [5, 5.41) is 0. The third-order valence-corrected chi connectivity index (χ3v) is 4.88. The molecular formula is C12H13N3O2S. The minimum Gasteiger partial charge on any atom is -0.244 e. The SMILES string of the molecule is O=S(=O)(N1CCc2ccccc2C1)n1ccnc1. The van der Waals surface area contributed by atoms with Gasteiger partial charge in [-0.1, -0.05) is 24.3 Å². The zero-order valence-electron chi connectivity index (χ0n) is 9.73. The average molecular weight is 263 g/mol. The van der Waals surface area contributed by atoms with Crippen LogP contribution in [0.2, 0.25) is 0 Å². The topological polar surface area (TPSA) is 55.2 Å². The number of fused-ring (bicyclic) bond motifs is 1. The Hall–Kier alpha value is -1.66. The molecule has 2 heterocycles. The molecule has 0 bridgehead atoms. The van der Waals surface area contributed by atoms with Crippen molar-refractivity contribution in [2.24, 2.45) is 0 Å². The van der Waals surface area contributed by atoms with Crippen LogP contribution in [-0.4, -0.2) is 28.2 Å². The maximum atomic E-state index is 12.3. The summed E-state index contributed by atoms with van der Waals surface area (Å²) in [6.07, 6.45) is 4.99. The van der Waals surface area contributed by atoms with Gasteiger partial charge in [-0.3, -0.25) is 0 Å². The molecule has 18 heavy (non-hydrogen) atoms. The van der Waals surface area contributed by atoms with Gasteiger partial charge in [0.05, 0.1) is 0 Å². The van der Waals surface area contributed by atoms with Crippen LogP contribution in [0.5, 0.6) is 0 Å². The highest BCUT2D eigenvalue weighted by Crippen LogP contribution is 2.21. The molecular weight excluding hydrogens is 250 g/mol. The fraction of sp³-hybridized carbons (Fsp3) is 0.250. The van der Waals surface area contributed by atoms with Crippen LogP contribution >= 0.6 is 0 Å². The highest BCUT2D eigenvalue weighted by Gasteiger charge is 2.27. The summed E-state index contributed by atoms with van der Waals surface area (Å²) in [4.78, 5) is 3.78. The van der Waals surface area contributed by atoms with E-state index in [9.17, 15) is 8.42 Å². The summed E-state index contributed by atoms with van der Waals surface area (Å²) in [6, 6.07) is 7.95. The first-order chi connectivity index (χ1) is 8.68. The Labute approximate surface area is 106 Å². The number of benzene rings is 1. The van der Waals surface area contributed by atoms with E-state index < -0.39 is 10.2 Å². The molecule has 0 unspecified atom stereocenters. The Morgan fingerprint density at radius 1 is 1.17 bits per heavy atom. The first-order valence-electron chi connectivity index (χ1n) is 5.73. The van der Waals surface area contributed by atoms with Crippen molar-refractivity contribution in [1.82, 2.24) is 13.3 Å². The molecule has 0 fully saturated rings. The smallest absolute Gasteiger partial charge is 0.244 e. The number of aromatic nitrogens is 2. The van der Waals surface area contributed by atoms with E-state index in [0.29, 0.717) is 13.1 Å². The van der Waals surface area contributed by atoms with E-state index in [4.69, 9.17) is 0 Å². The van der Waals surface area contributed by atoms with Crippen LogP contribution in [0.1, 0.15) is 11.1 Å². The summed E-state index contributed by atoms with van der Waals surface area (Å²) in [5.74, 6) is 0. The molecule has 0 N–H and O–H groups in total. The number of nitrogens with zero attached hydrogens (tertiary/aromatic N) is 3. The fourth-order valence-electron chi connectivity index (χ4n) is 2.18. The molecule has 0 saturated carbocycles. The Bertz CT molecular complexity index is 650. The van der Waals surface area contributed by atoms with Gasteiger partial charge < -0.3 is 0 Å². The third-order valence-electron chi connectivity index (χ3n) is 3.17. The summed E-state index contributed by atoms with van der Waals surface area (Å²) in [5.41, 5.74) is 2.31. The van der Waals surface area contributed by atoms with Crippen molar-refractivity contribution in [1.29, 1.82) is 0 Å². The molecule has 0 atom stereocenters. The first kappa shape index (κ1) is 11.4. The number of imidazole rings is 1. The van der Waals surface area contributed by atoms with Crippen molar-refractivity contribution in [3.05, 3.63) is 54.1 Å². The van der Waals surface area contributed by atoms with Gasteiger partial charge in [-0.25, -0.2) is 8.96 Å². The highest BCUT2D eigenvalue weighted by atomic mass is 32.2. The van der Waals surface area contributed by atoms with Gasteiger partial charge in [0.15, 0.2) is 0 Å². The van der Waals surface area contributed by atoms with E-state index in [2.05, 4.69) is 11.1 Å². The van der Waals surface area contributed by atoms with Crippen LogP contribution in [-0.2, 0) is 23.2 Å². The summed E-state index contributed by atoms with van der Waals surface area (Å²) >= 11 is 0. The van der Waals surface area contributed by atoms with Gasteiger partial charge in [0, 0.05) is 25.5 Å². The van der Waals surface area contributed by atoms with Crippen molar-refractivity contribution in [3.8, 4) is 0 Å². The van der Waals surface area contributed by atoms with Crippen molar-refractivity contribution in [2.45, 2.75) is 13.0 Å². The molecule has 0 radical (unpaired) electrons. The predicted octanol–water partition coefficient (Wildman–Crippen LogP) is 1.03. The monoisotopic (exact) mass is 263 g/mol. The number of hydrogen-bond acceptors (Lipinski definition) is 3. The fourth-order valence-corrected chi connectivity index (χ4v) is 3.46. The normalized spacial score (nSPS) is 16.4. The highest BCUT2D eigenvalue weighted by molar-refractivity contribution is 7.87. The zero-order chi connectivity index (χ0) is 12.6. The average Bonchev–Trinajstić information content (AvgIpc) is 2.92. The van der Waals surface area contributed by atoms with Gasteiger partial charge in [0.2, 0.25) is 0 Å². The molecule has 6 heteroatoms. The molecule has 0 spiro atoms. The van der Waals surface area contributed by atoms with Crippen LogP contribution in [0.3, 0.4) is 0 Å². The van der Waals surface area contributed by atoms with Gasteiger partial charge in [0.25, 0.3) is 0 Å². The quantitative estimate of drug-likeness (QED) is 0.813. The van der Waals surface area contributed by atoms with Crippen molar-refractivity contribution < 1.29 is 8.42 Å². The van der Waals surface area contributed by atoms with Gasteiger partial charge in [-0.2, -0.15) is 12.7 Å². The zero-order valence-corrected chi connectivity index (χ0v) is 10.5. The Kier molecular flexibility index (Phi) is 2.68. The van der Waals surface area contributed by atoms with E-state index in [0.717, 1.165) is 16.0 Å². The van der Waals surface area contributed by atoms with Crippen LogP contribution < -0.4 is 0 Å². The van der Waals surface area contributed by atoms with E-state index in [1.54, 1.807) is 0 Å². The lowest BCUT2D eigenvalue weighted by atomic mass is 10.0. The molecule has 0 saturated heterocycles.